The van der Waals surface area contributed by atoms with Crippen LogP contribution < -0.4 is 10.6 Å². The summed E-state index contributed by atoms with van der Waals surface area (Å²) in [6.45, 7) is 6.43. The zero-order valence-corrected chi connectivity index (χ0v) is 14.7. The quantitative estimate of drug-likeness (QED) is 0.863. The molecule has 7 nitrogen and oxygen atoms in total. The van der Waals surface area contributed by atoms with Crippen molar-refractivity contribution in [1.82, 2.24) is 15.1 Å². The molecule has 2 heterocycles. The maximum absolute atomic E-state index is 12.2. The number of nitrogens with one attached hydrogen (secondary N) is 2. The standard InChI is InChI=1S/C16H21N5O2S/c1-11-8-18-21(10-11)13(3)12(2)17-9-16-19-14-6-4-5-7-15(14)24(22,23)20-16/h4-8,10,12-13,17H,9H2,1-3H3,(H,19,20)/t12-,13-/m1/s1. The number of hydrogen-bond donors (Lipinski definition) is 2. The lowest BCUT2D eigenvalue weighted by Crippen LogP contribution is -2.40. The van der Waals surface area contributed by atoms with Gasteiger partial charge in [0.05, 0.1) is 24.5 Å². The van der Waals surface area contributed by atoms with E-state index in [-0.39, 0.29) is 17.0 Å². The second kappa shape index (κ2) is 6.37. The molecule has 0 bridgehead atoms. The molecule has 0 radical (unpaired) electrons. The van der Waals surface area contributed by atoms with Crippen molar-refractivity contribution in [3.05, 3.63) is 42.2 Å². The highest BCUT2D eigenvalue weighted by atomic mass is 32.2. The van der Waals surface area contributed by atoms with Crippen molar-refractivity contribution in [3.63, 3.8) is 0 Å². The van der Waals surface area contributed by atoms with E-state index in [0.717, 1.165) is 5.56 Å². The van der Waals surface area contributed by atoms with Gasteiger partial charge in [0.15, 0.2) is 0 Å². The largest absolute Gasteiger partial charge is 0.341 e. The van der Waals surface area contributed by atoms with Crippen molar-refractivity contribution >= 4 is 21.5 Å². The van der Waals surface area contributed by atoms with Crippen LogP contribution in [-0.4, -0.2) is 36.6 Å². The number of aryl methyl sites for hydroxylation is 1. The maximum atomic E-state index is 12.2. The van der Waals surface area contributed by atoms with Crippen LogP contribution in [0.15, 0.2) is 46.0 Å². The van der Waals surface area contributed by atoms with E-state index >= 15 is 0 Å². The minimum Gasteiger partial charge on any atom is -0.341 e. The molecule has 0 aliphatic carbocycles. The Balaban J connectivity index is 1.68. The summed E-state index contributed by atoms with van der Waals surface area (Å²) in [5, 5.41) is 10.7. The number of rotatable bonds is 5. The molecule has 0 saturated carbocycles. The van der Waals surface area contributed by atoms with Crippen molar-refractivity contribution in [3.8, 4) is 0 Å². The monoisotopic (exact) mass is 347 g/mol. The van der Waals surface area contributed by atoms with Crippen LogP contribution in [0.4, 0.5) is 5.69 Å². The fourth-order valence-corrected chi connectivity index (χ4v) is 3.70. The minimum atomic E-state index is -3.64. The Morgan fingerprint density at radius 1 is 1.29 bits per heavy atom. The van der Waals surface area contributed by atoms with E-state index in [0.29, 0.717) is 18.1 Å². The first kappa shape index (κ1) is 16.7. The van der Waals surface area contributed by atoms with Gasteiger partial charge >= 0.3 is 0 Å². The molecule has 2 aromatic rings. The summed E-state index contributed by atoms with van der Waals surface area (Å²) in [5.41, 5.74) is 1.67. The lowest BCUT2D eigenvalue weighted by Gasteiger charge is -2.24. The summed E-state index contributed by atoms with van der Waals surface area (Å²) < 4.78 is 30.2. The fourth-order valence-electron chi connectivity index (χ4n) is 2.56. The molecule has 0 saturated heterocycles. The van der Waals surface area contributed by atoms with Crippen molar-refractivity contribution in [2.45, 2.75) is 37.8 Å². The second-order valence-electron chi connectivity index (χ2n) is 6.04. The Morgan fingerprint density at radius 3 is 2.75 bits per heavy atom. The normalized spacial score (nSPS) is 18.2. The lowest BCUT2D eigenvalue weighted by atomic mass is 10.1. The Morgan fingerprint density at radius 2 is 2.04 bits per heavy atom. The van der Waals surface area contributed by atoms with Crippen LogP contribution in [0.3, 0.4) is 0 Å². The Hall–Kier alpha value is -2.19. The summed E-state index contributed by atoms with van der Waals surface area (Å²) in [4.78, 5) is 0.210. The fraction of sp³-hybridized carbons (Fsp3) is 0.375. The first-order valence-electron chi connectivity index (χ1n) is 7.81. The molecule has 8 heteroatoms. The van der Waals surface area contributed by atoms with Gasteiger partial charge in [-0.3, -0.25) is 4.68 Å². The van der Waals surface area contributed by atoms with Gasteiger partial charge in [-0.25, -0.2) is 0 Å². The molecule has 2 N–H and O–H groups in total. The van der Waals surface area contributed by atoms with Crippen molar-refractivity contribution in [2.75, 3.05) is 11.9 Å². The predicted molar refractivity (Wildman–Crippen MR) is 93.8 cm³/mol. The number of anilines is 1. The summed E-state index contributed by atoms with van der Waals surface area (Å²) in [6, 6.07) is 6.99. The van der Waals surface area contributed by atoms with Gasteiger partial charge in [-0.15, -0.1) is 4.40 Å². The molecule has 24 heavy (non-hydrogen) atoms. The molecule has 1 aliphatic heterocycles. The lowest BCUT2D eigenvalue weighted by molar-refractivity contribution is 0.378. The molecule has 0 fully saturated rings. The summed E-state index contributed by atoms with van der Waals surface area (Å²) in [5.74, 6) is 0.393. The number of fused-ring (bicyclic) bond motifs is 1. The van der Waals surface area contributed by atoms with E-state index in [2.05, 4.69) is 27.1 Å². The molecular formula is C16H21N5O2S. The van der Waals surface area contributed by atoms with Crippen molar-refractivity contribution < 1.29 is 8.42 Å². The number of sulfonamides is 1. The third-order valence-electron chi connectivity index (χ3n) is 4.14. The molecule has 2 atom stereocenters. The third-order valence-corrected chi connectivity index (χ3v) is 5.51. The number of nitrogens with zero attached hydrogens (tertiary/aromatic N) is 3. The average molecular weight is 347 g/mol. The van der Waals surface area contributed by atoms with Crippen LogP contribution in [0, 0.1) is 6.92 Å². The van der Waals surface area contributed by atoms with Crippen LogP contribution in [0.25, 0.3) is 0 Å². The Bertz CT molecular complexity index is 872. The molecule has 3 rings (SSSR count). The predicted octanol–water partition coefficient (Wildman–Crippen LogP) is 1.94. The summed E-state index contributed by atoms with van der Waals surface area (Å²) in [7, 11) is -3.64. The minimum absolute atomic E-state index is 0.0914. The van der Waals surface area contributed by atoms with Gasteiger partial charge in [-0.1, -0.05) is 12.1 Å². The highest BCUT2D eigenvalue weighted by molar-refractivity contribution is 7.90. The van der Waals surface area contributed by atoms with E-state index < -0.39 is 10.0 Å². The topological polar surface area (TPSA) is 88.4 Å². The first-order chi connectivity index (χ1) is 11.4. The van der Waals surface area contributed by atoms with E-state index in [1.807, 2.05) is 30.9 Å². The maximum Gasteiger partial charge on any atom is 0.286 e. The van der Waals surface area contributed by atoms with E-state index in [4.69, 9.17) is 0 Å². The highest BCUT2D eigenvalue weighted by Crippen LogP contribution is 2.26. The molecule has 1 aromatic carbocycles. The number of hydrogen-bond acceptors (Lipinski definition) is 5. The molecule has 128 valence electrons. The van der Waals surface area contributed by atoms with Crippen LogP contribution in [-0.2, 0) is 10.0 Å². The van der Waals surface area contributed by atoms with Gasteiger partial charge < -0.3 is 10.6 Å². The number of amidine groups is 1. The van der Waals surface area contributed by atoms with E-state index in [1.165, 1.54) is 0 Å². The highest BCUT2D eigenvalue weighted by Gasteiger charge is 2.24. The third kappa shape index (κ3) is 3.34. The van der Waals surface area contributed by atoms with Gasteiger partial charge in [-0.2, -0.15) is 13.5 Å². The van der Waals surface area contributed by atoms with Gasteiger partial charge in [-0.05, 0) is 38.5 Å². The molecule has 0 spiro atoms. The second-order valence-corrected chi connectivity index (χ2v) is 7.61. The number of para-hydroxylation sites is 1. The van der Waals surface area contributed by atoms with Crippen molar-refractivity contribution in [1.29, 1.82) is 0 Å². The molecule has 0 unspecified atom stereocenters. The van der Waals surface area contributed by atoms with Gasteiger partial charge in [0.1, 0.15) is 10.7 Å². The van der Waals surface area contributed by atoms with Crippen LogP contribution >= 0.6 is 0 Å². The molecular weight excluding hydrogens is 326 g/mol. The van der Waals surface area contributed by atoms with E-state index in [1.54, 1.807) is 24.3 Å². The van der Waals surface area contributed by atoms with Gasteiger partial charge in [0, 0.05) is 12.2 Å². The first-order valence-corrected chi connectivity index (χ1v) is 9.25. The molecule has 0 amide bonds. The van der Waals surface area contributed by atoms with Crippen molar-refractivity contribution in [2.24, 2.45) is 4.40 Å². The molecule has 1 aliphatic rings. The zero-order chi connectivity index (χ0) is 17.3. The number of benzene rings is 1. The number of aromatic nitrogens is 2. The summed E-state index contributed by atoms with van der Waals surface area (Å²) >= 11 is 0. The summed E-state index contributed by atoms with van der Waals surface area (Å²) in [6.07, 6.45) is 3.80. The SMILES string of the molecule is Cc1cnn([C@H](C)[C@@H](C)NCC2=NS(=O)(=O)c3ccccc3N2)c1. The van der Waals surface area contributed by atoms with Crippen LogP contribution in [0.1, 0.15) is 25.5 Å². The Kier molecular flexibility index (Phi) is 4.42. The molecule has 1 aromatic heterocycles. The Labute approximate surface area is 141 Å². The zero-order valence-electron chi connectivity index (χ0n) is 13.9. The van der Waals surface area contributed by atoms with Gasteiger partial charge in [0.2, 0.25) is 0 Å². The average Bonchev–Trinajstić information content (AvgIpc) is 2.98. The smallest absolute Gasteiger partial charge is 0.286 e. The van der Waals surface area contributed by atoms with Crippen LogP contribution in [0.5, 0.6) is 0 Å². The van der Waals surface area contributed by atoms with Gasteiger partial charge in [0.25, 0.3) is 10.0 Å². The van der Waals surface area contributed by atoms with Crippen LogP contribution in [0.2, 0.25) is 0 Å². The van der Waals surface area contributed by atoms with E-state index in [9.17, 15) is 8.42 Å².